The number of allylic oxidation sites excluding steroid dienone is 1. The van der Waals surface area contributed by atoms with E-state index in [1.165, 1.54) is 31.6 Å². The van der Waals surface area contributed by atoms with Gasteiger partial charge in [0.05, 0.1) is 5.02 Å². The number of fused-ring (bicyclic) bond motifs is 1. The van der Waals surface area contributed by atoms with Gasteiger partial charge >= 0.3 is 0 Å². The van der Waals surface area contributed by atoms with E-state index in [-0.39, 0.29) is 16.6 Å². The Labute approximate surface area is 210 Å². The predicted octanol–water partition coefficient (Wildman–Crippen LogP) is 6.97. The van der Waals surface area contributed by atoms with Crippen molar-refractivity contribution in [1.29, 1.82) is 0 Å². The molecule has 1 saturated heterocycles. The van der Waals surface area contributed by atoms with Gasteiger partial charge in [-0.3, -0.25) is 4.90 Å². The summed E-state index contributed by atoms with van der Waals surface area (Å²) in [6.07, 6.45) is 0.822. The molecule has 1 fully saturated rings. The first kappa shape index (κ1) is 23.7. The van der Waals surface area contributed by atoms with Gasteiger partial charge < -0.3 is 14.6 Å². The lowest BCUT2D eigenvalue weighted by Crippen LogP contribution is -2.47. The van der Waals surface area contributed by atoms with E-state index >= 15 is 0 Å². The summed E-state index contributed by atoms with van der Waals surface area (Å²) in [6, 6.07) is 17.6. The van der Waals surface area contributed by atoms with Crippen LogP contribution in [0.4, 0.5) is 4.39 Å². The van der Waals surface area contributed by atoms with Crippen LogP contribution in [-0.4, -0.2) is 36.2 Å². The van der Waals surface area contributed by atoms with Crippen LogP contribution < -0.4 is 9.47 Å². The maximum Gasteiger partial charge on any atom is 0.150 e. The molecule has 0 spiro atoms. The zero-order chi connectivity index (χ0) is 24.5. The molecule has 1 atom stereocenters. The Morgan fingerprint density at radius 2 is 1.80 bits per heavy atom. The second kappa shape index (κ2) is 9.92. The van der Waals surface area contributed by atoms with E-state index in [1.54, 1.807) is 24.3 Å². The number of rotatable bonds is 7. The van der Waals surface area contributed by atoms with Gasteiger partial charge in [-0.2, -0.15) is 0 Å². The highest BCUT2D eigenvalue weighted by molar-refractivity contribution is 6.32. The Morgan fingerprint density at radius 1 is 1.09 bits per heavy atom. The number of aromatic hydroxyl groups is 1. The van der Waals surface area contributed by atoms with Crippen LogP contribution in [0.15, 0.2) is 60.7 Å². The molecule has 2 aliphatic heterocycles. The van der Waals surface area contributed by atoms with Crippen molar-refractivity contribution in [3.8, 4) is 17.2 Å². The number of benzene rings is 3. The second-order valence-corrected chi connectivity index (χ2v) is 9.70. The van der Waals surface area contributed by atoms with Gasteiger partial charge in [0.25, 0.3) is 0 Å². The first-order valence-electron chi connectivity index (χ1n) is 12.0. The van der Waals surface area contributed by atoms with Crippen LogP contribution in [0, 0.1) is 11.7 Å². The fourth-order valence-electron chi connectivity index (χ4n) is 4.84. The normalized spacial score (nSPS) is 18.1. The minimum atomic E-state index is -0.422. The molecule has 35 heavy (non-hydrogen) atoms. The molecule has 3 aromatic carbocycles. The number of halogens is 2. The third-order valence-electron chi connectivity index (χ3n) is 6.99. The number of hydrogen-bond donors (Lipinski definition) is 1. The lowest BCUT2D eigenvalue weighted by Gasteiger charge is -2.38. The fourth-order valence-corrected chi connectivity index (χ4v) is 5.00. The highest BCUT2D eigenvalue weighted by atomic mass is 35.5. The summed E-state index contributed by atoms with van der Waals surface area (Å²) in [6.45, 7) is 8.15. The average Bonchev–Trinajstić information content (AvgIpc) is 2.83. The minimum absolute atomic E-state index is 0.00443. The summed E-state index contributed by atoms with van der Waals surface area (Å²) in [5.74, 6) is 1.95. The van der Waals surface area contributed by atoms with Crippen molar-refractivity contribution in [2.75, 3.05) is 26.2 Å². The molecule has 0 aromatic heterocycles. The standard InChI is InChI=1S/C29H29ClFNO3/c1-3-19-16-32(17-19)12-13-34-23-10-6-21(7-11-23)29-28(20-4-8-22(31)9-5-20)18(2)24-14-26(33)25(30)15-27(24)35-29/h4-11,14-15,19,29,33H,3,12-13,16-17H2,1-2H3/t29-/m0/s1. The van der Waals surface area contributed by atoms with Crippen molar-refractivity contribution in [3.05, 3.63) is 88.2 Å². The van der Waals surface area contributed by atoms with Gasteiger partial charge in [0.15, 0.2) is 0 Å². The van der Waals surface area contributed by atoms with E-state index in [1.807, 2.05) is 31.2 Å². The molecule has 0 aliphatic carbocycles. The summed E-state index contributed by atoms with van der Waals surface area (Å²) in [5, 5.41) is 10.4. The largest absolute Gasteiger partial charge is 0.506 e. The van der Waals surface area contributed by atoms with E-state index in [2.05, 4.69) is 11.8 Å². The molecule has 1 N–H and O–H groups in total. The summed E-state index contributed by atoms with van der Waals surface area (Å²) < 4.78 is 26.1. The summed E-state index contributed by atoms with van der Waals surface area (Å²) in [5.41, 5.74) is 4.42. The molecule has 0 saturated carbocycles. The lowest BCUT2D eigenvalue weighted by atomic mass is 9.86. The molecule has 0 amide bonds. The van der Waals surface area contributed by atoms with E-state index < -0.39 is 6.10 Å². The van der Waals surface area contributed by atoms with Crippen LogP contribution in [0.5, 0.6) is 17.2 Å². The Balaban J connectivity index is 1.39. The van der Waals surface area contributed by atoms with Gasteiger partial charge in [-0.05, 0) is 59.9 Å². The maximum absolute atomic E-state index is 13.7. The van der Waals surface area contributed by atoms with Gasteiger partial charge in [-0.25, -0.2) is 4.39 Å². The zero-order valence-electron chi connectivity index (χ0n) is 19.9. The van der Waals surface area contributed by atoms with Crippen molar-refractivity contribution in [2.45, 2.75) is 26.4 Å². The molecule has 2 heterocycles. The number of likely N-dealkylation sites (tertiary alicyclic amines) is 1. The molecule has 6 heteroatoms. The summed E-state index contributed by atoms with van der Waals surface area (Å²) in [4.78, 5) is 2.42. The van der Waals surface area contributed by atoms with Crippen molar-refractivity contribution in [2.24, 2.45) is 5.92 Å². The smallest absolute Gasteiger partial charge is 0.150 e. The number of phenolic OH excluding ortho intramolecular Hbond substituents is 1. The molecule has 3 aromatic rings. The number of ether oxygens (including phenoxy) is 2. The lowest BCUT2D eigenvalue weighted by molar-refractivity contribution is 0.0806. The van der Waals surface area contributed by atoms with Crippen LogP contribution in [0.25, 0.3) is 11.1 Å². The highest BCUT2D eigenvalue weighted by Crippen LogP contribution is 2.48. The first-order valence-corrected chi connectivity index (χ1v) is 12.4. The van der Waals surface area contributed by atoms with Gasteiger partial charge in [0.2, 0.25) is 0 Å². The molecule has 182 valence electrons. The topological polar surface area (TPSA) is 41.9 Å². The fraction of sp³-hybridized carbons (Fsp3) is 0.310. The second-order valence-electron chi connectivity index (χ2n) is 9.29. The number of nitrogens with zero attached hydrogens (tertiary/aromatic N) is 1. The van der Waals surface area contributed by atoms with Crippen molar-refractivity contribution >= 4 is 22.7 Å². The molecule has 0 radical (unpaired) electrons. The van der Waals surface area contributed by atoms with Crippen LogP contribution in [-0.2, 0) is 0 Å². The quantitative estimate of drug-likeness (QED) is 0.386. The van der Waals surface area contributed by atoms with Gasteiger partial charge in [0, 0.05) is 36.8 Å². The minimum Gasteiger partial charge on any atom is -0.506 e. The maximum atomic E-state index is 13.7. The Morgan fingerprint density at radius 3 is 2.49 bits per heavy atom. The molecule has 2 aliphatic rings. The zero-order valence-corrected chi connectivity index (χ0v) is 20.7. The van der Waals surface area contributed by atoms with Gasteiger partial charge in [-0.15, -0.1) is 0 Å². The third kappa shape index (κ3) is 4.89. The molecular weight excluding hydrogens is 465 g/mol. The van der Waals surface area contributed by atoms with Crippen LogP contribution >= 0.6 is 11.6 Å². The first-order chi connectivity index (χ1) is 16.9. The third-order valence-corrected chi connectivity index (χ3v) is 7.29. The van der Waals surface area contributed by atoms with Crippen molar-refractivity contribution in [3.63, 3.8) is 0 Å². The number of hydrogen-bond acceptors (Lipinski definition) is 4. The SMILES string of the molecule is CCC1CN(CCOc2ccc([C@@H]3Oc4cc(Cl)c(O)cc4C(C)=C3c3ccc(F)cc3)cc2)C1. The van der Waals surface area contributed by atoms with Crippen LogP contribution in [0.3, 0.4) is 0 Å². The van der Waals surface area contributed by atoms with Gasteiger partial charge in [-0.1, -0.05) is 49.2 Å². The van der Waals surface area contributed by atoms with Gasteiger partial charge in [0.1, 0.15) is 35.8 Å². The molecular formula is C29H29ClFNO3. The van der Waals surface area contributed by atoms with Crippen molar-refractivity contribution in [1.82, 2.24) is 4.90 Å². The van der Waals surface area contributed by atoms with E-state index in [0.717, 1.165) is 46.0 Å². The number of phenols is 1. The molecule has 0 bridgehead atoms. The predicted molar refractivity (Wildman–Crippen MR) is 138 cm³/mol. The summed E-state index contributed by atoms with van der Waals surface area (Å²) in [7, 11) is 0. The molecule has 5 rings (SSSR count). The average molecular weight is 494 g/mol. The van der Waals surface area contributed by atoms with Crippen LogP contribution in [0.2, 0.25) is 5.02 Å². The summed E-state index contributed by atoms with van der Waals surface area (Å²) >= 11 is 6.17. The Hall–Kier alpha value is -3.02. The van der Waals surface area contributed by atoms with E-state index in [0.29, 0.717) is 12.4 Å². The van der Waals surface area contributed by atoms with Crippen molar-refractivity contribution < 1.29 is 19.0 Å². The Bertz CT molecular complexity index is 1230. The molecule has 0 unspecified atom stereocenters. The highest BCUT2D eigenvalue weighted by Gasteiger charge is 2.30. The van der Waals surface area contributed by atoms with E-state index in [4.69, 9.17) is 21.1 Å². The van der Waals surface area contributed by atoms with Crippen LogP contribution in [0.1, 0.15) is 43.1 Å². The molecule has 4 nitrogen and oxygen atoms in total. The van der Waals surface area contributed by atoms with E-state index in [9.17, 15) is 9.50 Å². The monoisotopic (exact) mass is 493 g/mol. The Kier molecular flexibility index (Phi) is 6.72.